The molecule has 0 spiro atoms. The van der Waals surface area contributed by atoms with Crippen LogP contribution < -0.4 is 0 Å². The van der Waals surface area contributed by atoms with Gasteiger partial charge < -0.3 is 9.64 Å². The standard InChI is InChI=1S/C15H17NO4/c1-2-20-15(19)12-8-14(18)16(10-13(12)17)9-11-6-4-3-5-7-11/h3-7,12H,2,8-10H2,1H3. The molecule has 2 rings (SSSR count). The van der Waals surface area contributed by atoms with Crippen molar-refractivity contribution >= 4 is 17.7 Å². The maximum absolute atomic E-state index is 12.0. The van der Waals surface area contributed by atoms with Crippen LogP contribution in [0.15, 0.2) is 30.3 Å². The van der Waals surface area contributed by atoms with Gasteiger partial charge in [-0.3, -0.25) is 14.4 Å². The van der Waals surface area contributed by atoms with Crippen LogP contribution in [0.2, 0.25) is 0 Å². The molecule has 1 aliphatic rings. The lowest BCUT2D eigenvalue weighted by atomic mass is 9.94. The molecule has 0 N–H and O–H groups in total. The van der Waals surface area contributed by atoms with E-state index in [1.54, 1.807) is 6.92 Å². The zero-order valence-electron chi connectivity index (χ0n) is 11.4. The van der Waals surface area contributed by atoms with E-state index >= 15 is 0 Å². The fraction of sp³-hybridized carbons (Fsp3) is 0.400. The number of Topliss-reactive ketones (excluding diaryl/α,β-unsaturated/α-hetero) is 1. The first-order valence-corrected chi connectivity index (χ1v) is 6.63. The highest BCUT2D eigenvalue weighted by atomic mass is 16.5. The zero-order chi connectivity index (χ0) is 14.5. The number of ketones is 1. The third kappa shape index (κ3) is 3.23. The number of likely N-dealkylation sites (tertiary alicyclic amines) is 1. The van der Waals surface area contributed by atoms with Gasteiger partial charge in [-0.05, 0) is 12.5 Å². The molecule has 1 fully saturated rings. The summed E-state index contributed by atoms with van der Waals surface area (Å²) in [4.78, 5) is 37.1. The highest BCUT2D eigenvalue weighted by molar-refractivity contribution is 6.06. The predicted octanol–water partition coefficient (Wildman–Crippen LogP) is 1.17. The minimum Gasteiger partial charge on any atom is -0.465 e. The van der Waals surface area contributed by atoms with Crippen molar-refractivity contribution < 1.29 is 19.1 Å². The molecule has 1 saturated heterocycles. The summed E-state index contributed by atoms with van der Waals surface area (Å²) in [5, 5.41) is 0. The third-order valence-corrected chi connectivity index (χ3v) is 3.25. The van der Waals surface area contributed by atoms with E-state index < -0.39 is 11.9 Å². The third-order valence-electron chi connectivity index (χ3n) is 3.25. The second-order valence-electron chi connectivity index (χ2n) is 4.71. The number of amides is 1. The molecule has 1 aliphatic heterocycles. The Hall–Kier alpha value is -2.17. The van der Waals surface area contributed by atoms with E-state index in [9.17, 15) is 14.4 Å². The van der Waals surface area contributed by atoms with E-state index in [0.717, 1.165) is 5.56 Å². The van der Waals surface area contributed by atoms with Gasteiger partial charge >= 0.3 is 5.97 Å². The van der Waals surface area contributed by atoms with Gasteiger partial charge in [-0.1, -0.05) is 30.3 Å². The van der Waals surface area contributed by atoms with Crippen molar-refractivity contribution in [3.05, 3.63) is 35.9 Å². The zero-order valence-corrected chi connectivity index (χ0v) is 11.4. The number of ether oxygens (including phenoxy) is 1. The molecule has 0 saturated carbocycles. The van der Waals surface area contributed by atoms with E-state index in [1.165, 1.54) is 4.90 Å². The first-order valence-electron chi connectivity index (χ1n) is 6.63. The minimum atomic E-state index is -0.936. The largest absolute Gasteiger partial charge is 0.465 e. The number of benzene rings is 1. The van der Waals surface area contributed by atoms with Crippen LogP contribution in [0, 0.1) is 5.92 Å². The van der Waals surface area contributed by atoms with Gasteiger partial charge in [0.2, 0.25) is 5.91 Å². The lowest BCUT2D eigenvalue weighted by Gasteiger charge is -2.29. The topological polar surface area (TPSA) is 63.7 Å². The molecule has 5 nitrogen and oxygen atoms in total. The Balaban J connectivity index is 2.01. The number of hydrogen-bond acceptors (Lipinski definition) is 4. The number of nitrogens with zero attached hydrogens (tertiary/aromatic N) is 1. The molecular formula is C15H17NO4. The molecular weight excluding hydrogens is 258 g/mol. The van der Waals surface area contributed by atoms with Crippen LogP contribution in [-0.4, -0.2) is 35.7 Å². The Bertz CT molecular complexity index is 512. The molecule has 1 atom stereocenters. The van der Waals surface area contributed by atoms with E-state index in [-0.39, 0.29) is 31.3 Å². The second kappa shape index (κ2) is 6.32. The summed E-state index contributed by atoms with van der Waals surface area (Å²) in [5.74, 6) is -1.97. The van der Waals surface area contributed by atoms with Crippen LogP contribution in [-0.2, 0) is 25.7 Å². The summed E-state index contributed by atoms with van der Waals surface area (Å²) < 4.78 is 4.82. The highest BCUT2D eigenvalue weighted by Crippen LogP contribution is 2.19. The minimum absolute atomic E-state index is 0.0305. The van der Waals surface area contributed by atoms with Gasteiger partial charge in [-0.25, -0.2) is 0 Å². The van der Waals surface area contributed by atoms with Gasteiger partial charge in [0.05, 0.1) is 13.2 Å². The van der Waals surface area contributed by atoms with Crippen LogP contribution in [0.5, 0.6) is 0 Å². The second-order valence-corrected chi connectivity index (χ2v) is 4.71. The van der Waals surface area contributed by atoms with Crippen molar-refractivity contribution in [2.75, 3.05) is 13.2 Å². The number of rotatable bonds is 4. The first kappa shape index (κ1) is 14.2. The van der Waals surface area contributed by atoms with Crippen LogP contribution in [0.4, 0.5) is 0 Å². The Morgan fingerprint density at radius 2 is 2.00 bits per heavy atom. The average Bonchev–Trinajstić information content (AvgIpc) is 2.44. The summed E-state index contributed by atoms with van der Waals surface area (Å²) in [6.07, 6.45) is -0.0928. The summed E-state index contributed by atoms with van der Waals surface area (Å²) >= 11 is 0. The predicted molar refractivity (Wildman–Crippen MR) is 71.6 cm³/mol. The van der Waals surface area contributed by atoms with E-state index in [2.05, 4.69) is 0 Å². The van der Waals surface area contributed by atoms with Crippen LogP contribution >= 0.6 is 0 Å². The number of hydrogen-bond donors (Lipinski definition) is 0. The molecule has 0 radical (unpaired) electrons. The SMILES string of the molecule is CCOC(=O)C1CC(=O)N(Cc2ccccc2)CC1=O. The molecule has 20 heavy (non-hydrogen) atoms. The number of piperidine rings is 1. The van der Waals surface area contributed by atoms with Crippen molar-refractivity contribution in [3.63, 3.8) is 0 Å². The van der Waals surface area contributed by atoms with Crippen molar-refractivity contribution in [1.82, 2.24) is 4.90 Å². The summed E-state index contributed by atoms with van der Waals surface area (Å²) in [7, 11) is 0. The van der Waals surface area contributed by atoms with Crippen molar-refractivity contribution in [2.45, 2.75) is 19.9 Å². The van der Waals surface area contributed by atoms with Crippen LogP contribution in [0.25, 0.3) is 0 Å². The van der Waals surface area contributed by atoms with E-state index in [4.69, 9.17) is 4.74 Å². The molecule has 1 heterocycles. The van der Waals surface area contributed by atoms with Crippen LogP contribution in [0.3, 0.4) is 0 Å². The smallest absolute Gasteiger partial charge is 0.317 e. The molecule has 1 amide bonds. The normalized spacial score (nSPS) is 19.1. The Labute approximate surface area is 117 Å². The Kier molecular flexibility index (Phi) is 4.50. The molecule has 106 valence electrons. The lowest BCUT2D eigenvalue weighted by molar-refractivity contribution is -0.159. The molecule has 0 aliphatic carbocycles. The first-order chi connectivity index (χ1) is 9.61. The number of esters is 1. The van der Waals surface area contributed by atoms with E-state index in [1.807, 2.05) is 30.3 Å². The van der Waals surface area contributed by atoms with Gasteiger partial charge in [0, 0.05) is 13.0 Å². The fourth-order valence-electron chi connectivity index (χ4n) is 2.21. The van der Waals surface area contributed by atoms with E-state index in [0.29, 0.717) is 6.54 Å². The highest BCUT2D eigenvalue weighted by Gasteiger charge is 2.37. The molecule has 0 bridgehead atoms. The van der Waals surface area contributed by atoms with Crippen LogP contribution in [0.1, 0.15) is 18.9 Å². The van der Waals surface area contributed by atoms with Gasteiger partial charge in [-0.2, -0.15) is 0 Å². The maximum atomic E-state index is 12.0. The van der Waals surface area contributed by atoms with Gasteiger partial charge in [0.25, 0.3) is 0 Å². The van der Waals surface area contributed by atoms with Crippen molar-refractivity contribution in [2.24, 2.45) is 5.92 Å². The lowest BCUT2D eigenvalue weighted by Crippen LogP contribution is -2.47. The maximum Gasteiger partial charge on any atom is 0.317 e. The van der Waals surface area contributed by atoms with Gasteiger partial charge in [0.1, 0.15) is 5.92 Å². The molecule has 5 heteroatoms. The average molecular weight is 275 g/mol. The Morgan fingerprint density at radius 1 is 1.30 bits per heavy atom. The fourth-order valence-corrected chi connectivity index (χ4v) is 2.21. The molecule has 0 aromatic heterocycles. The van der Waals surface area contributed by atoms with Crippen molar-refractivity contribution in [3.8, 4) is 0 Å². The van der Waals surface area contributed by atoms with Gasteiger partial charge in [0.15, 0.2) is 5.78 Å². The monoisotopic (exact) mass is 275 g/mol. The molecule has 1 aromatic rings. The van der Waals surface area contributed by atoms with Crippen molar-refractivity contribution in [1.29, 1.82) is 0 Å². The number of carbonyl (C=O) groups is 3. The summed E-state index contributed by atoms with van der Waals surface area (Å²) in [5.41, 5.74) is 0.961. The quantitative estimate of drug-likeness (QED) is 0.611. The van der Waals surface area contributed by atoms with Gasteiger partial charge in [-0.15, -0.1) is 0 Å². The summed E-state index contributed by atoms with van der Waals surface area (Å²) in [6, 6.07) is 9.45. The number of carbonyl (C=O) groups excluding carboxylic acids is 3. The summed E-state index contributed by atoms with van der Waals surface area (Å²) in [6.45, 7) is 2.25. The molecule has 1 unspecified atom stereocenters. The molecule has 1 aromatic carbocycles. The Morgan fingerprint density at radius 3 is 2.65 bits per heavy atom.